The molecule has 0 aliphatic rings. The normalized spacial score (nSPS) is 13.4. The molecule has 0 heterocycles. The van der Waals surface area contributed by atoms with Crippen LogP contribution in [-0.2, 0) is 17.4 Å². The van der Waals surface area contributed by atoms with Crippen LogP contribution in [-0.4, -0.2) is 11.7 Å². The van der Waals surface area contributed by atoms with E-state index in [-0.39, 0.29) is 11.7 Å². The summed E-state index contributed by atoms with van der Waals surface area (Å²) in [7, 11) is 0. The van der Waals surface area contributed by atoms with Gasteiger partial charge >= 0.3 is 6.18 Å². The van der Waals surface area contributed by atoms with E-state index in [1.807, 2.05) is 0 Å². The molecule has 18 heavy (non-hydrogen) atoms. The van der Waals surface area contributed by atoms with Gasteiger partial charge in [0.1, 0.15) is 5.78 Å². The first-order valence-electron chi connectivity index (χ1n) is 5.57. The molecule has 1 unspecified atom stereocenters. The monoisotopic (exact) mass is 278 g/mol. The SMILES string of the molecule is CC(=O)C(CCCl)Cc1ccc(C(F)(F)F)cc1. The lowest BCUT2D eigenvalue weighted by Crippen LogP contribution is -2.15. The molecule has 100 valence electrons. The zero-order chi connectivity index (χ0) is 13.8. The lowest BCUT2D eigenvalue weighted by molar-refractivity contribution is -0.137. The van der Waals surface area contributed by atoms with Gasteiger partial charge in [0.25, 0.3) is 0 Å². The van der Waals surface area contributed by atoms with Crippen LogP contribution in [0.5, 0.6) is 0 Å². The minimum absolute atomic E-state index is 0.00977. The Labute approximate surface area is 109 Å². The largest absolute Gasteiger partial charge is 0.416 e. The van der Waals surface area contributed by atoms with Crippen LogP contribution in [0.4, 0.5) is 13.2 Å². The van der Waals surface area contributed by atoms with Crippen LogP contribution in [0, 0.1) is 5.92 Å². The molecule has 0 fully saturated rings. The second-order valence-electron chi connectivity index (χ2n) is 4.18. The highest BCUT2D eigenvalue weighted by Gasteiger charge is 2.30. The number of carbonyl (C=O) groups excluding carboxylic acids is 1. The van der Waals surface area contributed by atoms with Gasteiger partial charge in [-0.05, 0) is 37.5 Å². The van der Waals surface area contributed by atoms with E-state index >= 15 is 0 Å². The maximum atomic E-state index is 12.4. The van der Waals surface area contributed by atoms with Crippen molar-refractivity contribution in [3.63, 3.8) is 0 Å². The molecule has 1 nitrogen and oxygen atoms in total. The first kappa shape index (κ1) is 15.0. The van der Waals surface area contributed by atoms with Crippen molar-refractivity contribution in [3.8, 4) is 0 Å². The molecule has 0 saturated heterocycles. The summed E-state index contributed by atoms with van der Waals surface area (Å²) in [6, 6.07) is 4.89. The molecule has 1 rings (SSSR count). The Bertz CT molecular complexity index is 398. The maximum absolute atomic E-state index is 12.4. The lowest BCUT2D eigenvalue weighted by atomic mass is 9.93. The van der Waals surface area contributed by atoms with E-state index in [0.29, 0.717) is 24.3 Å². The first-order chi connectivity index (χ1) is 8.34. The molecule has 0 radical (unpaired) electrons. The quantitative estimate of drug-likeness (QED) is 0.742. The van der Waals surface area contributed by atoms with E-state index < -0.39 is 11.7 Å². The molecule has 1 atom stereocenters. The molecular formula is C13H14ClF3O. The Morgan fingerprint density at radius 1 is 1.28 bits per heavy atom. The second kappa shape index (κ2) is 6.23. The topological polar surface area (TPSA) is 17.1 Å². The number of hydrogen-bond acceptors (Lipinski definition) is 1. The fourth-order valence-electron chi connectivity index (χ4n) is 1.70. The van der Waals surface area contributed by atoms with E-state index in [9.17, 15) is 18.0 Å². The minimum Gasteiger partial charge on any atom is -0.300 e. The van der Waals surface area contributed by atoms with Gasteiger partial charge in [-0.1, -0.05) is 12.1 Å². The molecule has 0 saturated carbocycles. The van der Waals surface area contributed by atoms with Crippen LogP contribution in [0.3, 0.4) is 0 Å². The fourth-order valence-corrected chi connectivity index (χ4v) is 1.96. The molecule has 0 spiro atoms. The first-order valence-corrected chi connectivity index (χ1v) is 6.10. The Kier molecular flexibility index (Phi) is 5.20. The average Bonchev–Trinajstić information content (AvgIpc) is 2.28. The molecule has 0 aliphatic heterocycles. The van der Waals surface area contributed by atoms with Crippen LogP contribution in [0.1, 0.15) is 24.5 Å². The molecule has 0 N–H and O–H groups in total. The minimum atomic E-state index is -4.32. The van der Waals surface area contributed by atoms with Crippen LogP contribution < -0.4 is 0 Å². The van der Waals surface area contributed by atoms with Gasteiger partial charge in [0.15, 0.2) is 0 Å². The van der Waals surface area contributed by atoms with Gasteiger partial charge in [-0.25, -0.2) is 0 Å². The number of benzene rings is 1. The number of Topliss-reactive ketones (excluding diaryl/α,β-unsaturated/α-hetero) is 1. The molecule has 0 aromatic heterocycles. The van der Waals surface area contributed by atoms with E-state index in [0.717, 1.165) is 12.1 Å². The molecule has 1 aromatic rings. The van der Waals surface area contributed by atoms with Crippen molar-refractivity contribution < 1.29 is 18.0 Å². The standard InChI is InChI=1S/C13H14ClF3O/c1-9(18)11(6-7-14)8-10-2-4-12(5-3-10)13(15,16)17/h2-5,11H,6-8H2,1H3. The summed E-state index contributed by atoms with van der Waals surface area (Å²) in [4.78, 5) is 11.3. The molecule has 0 bridgehead atoms. The summed E-state index contributed by atoms with van der Waals surface area (Å²) in [5.74, 6) is 0.153. The molecule has 1 aromatic carbocycles. The summed E-state index contributed by atoms with van der Waals surface area (Å²) < 4.78 is 37.1. The average molecular weight is 279 g/mol. The summed E-state index contributed by atoms with van der Waals surface area (Å²) in [5.41, 5.74) is 0.0382. The number of alkyl halides is 4. The van der Waals surface area contributed by atoms with Crippen molar-refractivity contribution in [1.29, 1.82) is 0 Å². The van der Waals surface area contributed by atoms with Crippen molar-refractivity contribution in [2.24, 2.45) is 5.92 Å². The predicted octanol–water partition coefficient (Wildman–Crippen LogP) is 4.08. The zero-order valence-electron chi connectivity index (χ0n) is 9.93. The third-order valence-corrected chi connectivity index (χ3v) is 3.01. The van der Waals surface area contributed by atoms with Crippen LogP contribution in [0.2, 0.25) is 0 Å². The fraction of sp³-hybridized carbons (Fsp3) is 0.462. The van der Waals surface area contributed by atoms with E-state index in [4.69, 9.17) is 11.6 Å². The van der Waals surface area contributed by atoms with Gasteiger partial charge in [0, 0.05) is 11.8 Å². The van der Waals surface area contributed by atoms with Crippen molar-refractivity contribution in [2.45, 2.75) is 25.9 Å². The third-order valence-electron chi connectivity index (χ3n) is 2.80. The summed E-state index contributed by atoms with van der Waals surface area (Å²) >= 11 is 5.59. The summed E-state index contributed by atoms with van der Waals surface area (Å²) in [6.45, 7) is 1.47. The van der Waals surface area contributed by atoms with Gasteiger partial charge in [-0.3, -0.25) is 4.79 Å². The maximum Gasteiger partial charge on any atom is 0.416 e. The van der Waals surface area contributed by atoms with Gasteiger partial charge < -0.3 is 0 Å². The van der Waals surface area contributed by atoms with Crippen molar-refractivity contribution in [3.05, 3.63) is 35.4 Å². The van der Waals surface area contributed by atoms with Gasteiger partial charge in [-0.2, -0.15) is 13.2 Å². The number of rotatable bonds is 5. The smallest absolute Gasteiger partial charge is 0.300 e. The summed E-state index contributed by atoms with van der Waals surface area (Å²) in [5, 5.41) is 0. The number of carbonyl (C=O) groups is 1. The number of halogens is 4. The predicted molar refractivity (Wildman–Crippen MR) is 64.7 cm³/mol. The second-order valence-corrected chi connectivity index (χ2v) is 4.56. The Morgan fingerprint density at radius 2 is 1.83 bits per heavy atom. The van der Waals surface area contributed by atoms with Crippen LogP contribution >= 0.6 is 11.6 Å². The Morgan fingerprint density at radius 3 is 2.22 bits per heavy atom. The van der Waals surface area contributed by atoms with Gasteiger partial charge in [0.05, 0.1) is 5.56 Å². The van der Waals surface area contributed by atoms with Crippen molar-refractivity contribution in [1.82, 2.24) is 0 Å². The Balaban J connectivity index is 2.76. The van der Waals surface area contributed by atoms with E-state index in [1.165, 1.54) is 19.1 Å². The highest BCUT2D eigenvalue weighted by atomic mass is 35.5. The zero-order valence-corrected chi connectivity index (χ0v) is 10.7. The van der Waals surface area contributed by atoms with Crippen molar-refractivity contribution in [2.75, 3.05) is 5.88 Å². The Hall–Kier alpha value is -1.03. The third kappa shape index (κ3) is 4.33. The summed E-state index contributed by atoms with van der Waals surface area (Å²) in [6.07, 6.45) is -3.35. The van der Waals surface area contributed by atoms with Gasteiger partial charge in [0.2, 0.25) is 0 Å². The molecule has 0 amide bonds. The number of hydrogen-bond donors (Lipinski definition) is 0. The van der Waals surface area contributed by atoms with Crippen LogP contribution in [0.15, 0.2) is 24.3 Å². The van der Waals surface area contributed by atoms with Gasteiger partial charge in [-0.15, -0.1) is 11.6 Å². The van der Waals surface area contributed by atoms with E-state index in [1.54, 1.807) is 0 Å². The molecule has 5 heteroatoms. The van der Waals surface area contributed by atoms with Crippen LogP contribution in [0.25, 0.3) is 0 Å². The van der Waals surface area contributed by atoms with E-state index in [2.05, 4.69) is 0 Å². The highest BCUT2D eigenvalue weighted by Crippen LogP contribution is 2.29. The lowest BCUT2D eigenvalue weighted by Gasteiger charge is -2.13. The highest BCUT2D eigenvalue weighted by molar-refractivity contribution is 6.18. The number of ketones is 1. The van der Waals surface area contributed by atoms with Crippen molar-refractivity contribution >= 4 is 17.4 Å². The molecular weight excluding hydrogens is 265 g/mol. The molecule has 0 aliphatic carbocycles.